The molecule has 0 saturated heterocycles. The molecule has 1 atom stereocenters. The number of likely N-dealkylation sites (N-methyl/N-ethyl adjacent to an activating group) is 1. The number of carbonyl (C=O) groups is 1. The lowest BCUT2D eigenvalue weighted by Gasteiger charge is -2.41. The van der Waals surface area contributed by atoms with E-state index < -0.39 is 60.1 Å². The first kappa shape index (κ1) is 28.4. The number of alkyl halides is 15. The lowest BCUT2D eigenvalue weighted by Crippen LogP contribution is -2.72. The van der Waals surface area contributed by atoms with Crippen molar-refractivity contribution in [2.75, 3.05) is 14.1 Å². The van der Waals surface area contributed by atoms with Crippen molar-refractivity contribution < 1.29 is 75.8 Å². The molecule has 1 unspecified atom stereocenters. The van der Waals surface area contributed by atoms with E-state index in [1.165, 1.54) is 0 Å². The van der Waals surface area contributed by atoms with Gasteiger partial charge in [0, 0.05) is 14.1 Å². The summed E-state index contributed by atoms with van der Waals surface area (Å²) in [4.78, 5) is 11.3. The summed E-state index contributed by atoms with van der Waals surface area (Å²) in [6.07, 6.45) is -14.1. The molecular weight excluding hydrogens is 475 g/mol. The van der Waals surface area contributed by atoms with Crippen LogP contribution in [0.3, 0.4) is 0 Å². The number of aliphatic hydroxyl groups is 1. The fraction of sp³-hybridized carbons (Fsp3) is 0.917. The molecular formula is C12H10F15NO2. The van der Waals surface area contributed by atoms with Crippen LogP contribution in [0.1, 0.15) is 6.42 Å². The minimum absolute atomic E-state index is 0.226. The maximum Gasteiger partial charge on any atom is 0.460 e. The van der Waals surface area contributed by atoms with Crippen molar-refractivity contribution in [2.45, 2.75) is 54.2 Å². The van der Waals surface area contributed by atoms with Crippen molar-refractivity contribution in [1.29, 1.82) is 0 Å². The van der Waals surface area contributed by atoms with E-state index in [2.05, 4.69) is 0 Å². The minimum atomic E-state index is -8.40. The summed E-state index contributed by atoms with van der Waals surface area (Å²) >= 11 is 0. The van der Waals surface area contributed by atoms with Crippen LogP contribution in [0.15, 0.2) is 0 Å². The molecule has 0 bridgehead atoms. The lowest BCUT2D eigenvalue weighted by molar-refractivity contribution is -0.452. The number of amides is 1. The van der Waals surface area contributed by atoms with Crippen LogP contribution in [0.5, 0.6) is 0 Å². The standard InChI is InChI=1S/C12H10F15NO2/c1-28(2)5(30)4(29)3-6(13,14)7(15,16)8(17,18)9(19,20)10(21,22)11(23,24)12(25,26)27/h4,29H,3H2,1-2H3. The van der Waals surface area contributed by atoms with Gasteiger partial charge in [0.1, 0.15) is 6.10 Å². The zero-order chi connectivity index (χ0) is 24.9. The van der Waals surface area contributed by atoms with E-state index in [1.54, 1.807) is 0 Å². The Morgan fingerprint density at radius 2 is 0.967 bits per heavy atom. The highest BCUT2D eigenvalue weighted by atomic mass is 19.4. The van der Waals surface area contributed by atoms with Gasteiger partial charge in [0.25, 0.3) is 5.91 Å². The molecule has 180 valence electrons. The maximum absolute atomic E-state index is 13.5. The third kappa shape index (κ3) is 3.98. The molecule has 0 fully saturated rings. The first-order valence-corrected chi connectivity index (χ1v) is 6.97. The summed E-state index contributed by atoms with van der Waals surface area (Å²) in [6.45, 7) is 0. The van der Waals surface area contributed by atoms with Crippen molar-refractivity contribution in [3.63, 3.8) is 0 Å². The second kappa shape index (κ2) is 7.51. The van der Waals surface area contributed by atoms with E-state index in [1.807, 2.05) is 0 Å². The summed E-state index contributed by atoms with van der Waals surface area (Å²) in [5.74, 6) is -49.3. The van der Waals surface area contributed by atoms with Crippen molar-refractivity contribution >= 4 is 5.91 Å². The van der Waals surface area contributed by atoms with Gasteiger partial charge in [-0.15, -0.1) is 0 Å². The van der Waals surface area contributed by atoms with Gasteiger partial charge in [-0.3, -0.25) is 4.79 Å². The number of nitrogens with zero attached hydrogens (tertiary/aromatic N) is 1. The Bertz CT molecular complexity index is 640. The number of aliphatic hydroxyl groups excluding tert-OH is 1. The van der Waals surface area contributed by atoms with E-state index in [0.29, 0.717) is 14.1 Å². The van der Waals surface area contributed by atoms with Crippen molar-refractivity contribution in [3.8, 4) is 0 Å². The number of rotatable bonds is 8. The van der Waals surface area contributed by atoms with Gasteiger partial charge in [-0.1, -0.05) is 0 Å². The molecule has 1 N–H and O–H groups in total. The average molecular weight is 485 g/mol. The second-order valence-electron chi connectivity index (χ2n) is 6.03. The van der Waals surface area contributed by atoms with Crippen LogP contribution in [0.4, 0.5) is 65.9 Å². The van der Waals surface area contributed by atoms with Crippen molar-refractivity contribution in [3.05, 3.63) is 0 Å². The van der Waals surface area contributed by atoms with Gasteiger partial charge in [0.15, 0.2) is 0 Å². The summed E-state index contributed by atoms with van der Waals surface area (Å²) < 4.78 is 194. The third-order valence-electron chi connectivity index (χ3n) is 3.57. The predicted molar refractivity (Wildman–Crippen MR) is 65.1 cm³/mol. The molecule has 0 aliphatic heterocycles. The van der Waals surface area contributed by atoms with Crippen molar-refractivity contribution in [1.82, 2.24) is 4.90 Å². The topological polar surface area (TPSA) is 40.5 Å². The predicted octanol–water partition coefficient (Wildman–Crippen LogP) is 4.20. The Morgan fingerprint density at radius 3 is 1.27 bits per heavy atom. The number of hydrogen-bond donors (Lipinski definition) is 1. The largest absolute Gasteiger partial charge is 0.460 e. The zero-order valence-corrected chi connectivity index (χ0v) is 14.3. The van der Waals surface area contributed by atoms with E-state index in [-0.39, 0.29) is 4.90 Å². The molecule has 0 radical (unpaired) electrons. The Kier molecular flexibility index (Phi) is 7.10. The molecule has 18 heteroatoms. The molecule has 30 heavy (non-hydrogen) atoms. The SMILES string of the molecule is CN(C)C(=O)C(O)CC(F)(F)C(F)(F)C(F)(F)C(F)(F)C(F)(F)C(F)(F)C(F)(F)F. The molecule has 0 aromatic rings. The smallest absolute Gasteiger partial charge is 0.383 e. The van der Waals surface area contributed by atoms with Crippen LogP contribution in [-0.4, -0.2) is 77.8 Å². The molecule has 0 aliphatic carbocycles. The average Bonchev–Trinajstić information content (AvgIpc) is 2.51. The van der Waals surface area contributed by atoms with Gasteiger partial charge < -0.3 is 10.0 Å². The molecule has 0 rings (SSSR count). The van der Waals surface area contributed by atoms with E-state index >= 15 is 0 Å². The third-order valence-corrected chi connectivity index (χ3v) is 3.57. The quantitative estimate of drug-likeness (QED) is 0.524. The van der Waals surface area contributed by atoms with Crippen molar-refractivity contribution in [2.24, 2.45) is 0 Å². The highest BCUT2D eigenvalue weighted by Crippen LogP contribution is 2.62. The van der Waals surface area contributed by atoms with E-state index in [4.69, 9.17) is 5.11 Å². The fourth-order valence-electron chi connectivity index (χ4n) is 1.76. The maximum atomic E-state index is 13.5. The number of carbonyl (C=O) groups excluding carboxylic acids is 1. The Morgan fingerprint density at radius 1 is 0.667 bits per heavy atom. The Balaban J connectivity index is 6.39. The van der Waals surface area contributed by atoms with Gasteiger partial charge in [-0.25, -0.2) is 0 Å². The zero-order valence-electron chi connectivity index (χ0n) is 14.3. The summed E-state index contributed by atoms with van der Waals surface area (Å²) in [7, 11) is 1.43. The minimum Gasteiger partial charge on any atom is -0.383 e. The molecule has 0 heterocycles. The molecule has 1 amide bonds. The van der Waals surface area contributed by atoms with Gasteiger partial charge >= 0.3 is 41.7 Å². The Labute approximate surface area is 156 Å². The molecule has 3 nitrogen and oxygen atoms in total. The summed E-state index contributed by atoms with van der Waals surface area (Å²) in [5.41, 5.74) is 0. The molecule has 0 aliphatic rings. The van der Waals surface area contributed by atoms with E-state index in [0.717, 1.165) is 0 Å². The molecule has 0 spiro atoms. The fourth-order valence-corrected chi connectivity index (χ4v) is 1.76. The van der Waals surface area contributed by atoms with Gasteiger partial charge in [0.2, 0.25) is 0 Å². The first-order chi connectivity index (χ1) is 12.7. The van der Waals surface area contributed by atoms with Gasteiger partial charge in [-0.2, -0.15) is 65.9 Å². The number of hydrogen-bond acceptors (Lipinski definition) is 2. The summed E-state index contributed by atoms with van der Waals surface area (Å²) in [6, 6.07) is 0. The van der Waals surface area contributed by atoms with Crippen LogP contribution in [0.25, 0.3) is 0 Å². The second-order valence-corrected chi connectivity index (χ2v) is 6.03. The van der Waals surface area contributed by atoms with Crippen LogP contribution < -0.4 is 0 Å². The van der Waals surface area contributed by atoms with Gasteiger partial charge in [-0.05, 0) is 0 Å². The van der Waals surface area contributed by atoms with Crippen LogP contribution in [-0.2, 0) is 4.79 Å². The first-order valence-electron chi connectivity index (χ1n) is 6.97. The molecule has 0 aromatic heterocycles. The highest BCUT2D eigenvalue weighted by molar-refractivity contribution is 5.80. The Hall–Kier alpha value is -1.62. The molecule has 0 saturated carbocycles. The highest BCUT2D eigenvalue weighted by Gasteiger charge is 2.93. The van der Waals surface area contributed by atoms with Gasteiger partial charge in [0.05, 0.1) is 6.42 Å². The number of halogens is 15. The lowest BCUT2D eigenvalue weighted by atomic mass is 9.89. The van der Waals surface area contributed by atoms with Crippen LogP contribution in [0, 0.1) is 0 Å². The monoisotopic (exact) mass is 485 g/mol. The summed E-state index contributed by atoms with van der Waals surface area (Å²) in [5, 5.41) is 9.00. The normalized spacial score (nSPS) is 16.5. The van der Waals surface area contributed by atoms with E-state index in [9.17, 15) is 70.7 Å². The van der Waals surface area contributed by atoms with Crippen LogP contribution >= 0.6 is 0 Å². The molecule has 0 aromatic carbocycles. The van der Waals surface area contributed by atoms with Crippen LogP contribution in [0.2, 0.25) is 0 Å².